The topological polar surface area (TPSA) is 47.8 Å². The van der Waals surface area contributed by atoms with E-state index in [0.29, 0.717) is 6.42 Å². The Morgan fingerprint density at radius 2 is 2.38 bits per heavy atom. The maximum atomic E-state index is 11.9. The normalized spacial score (nSPS) is 10.6. The Labute approximate surface area is 97.9 Å². The zero-order valence-electron chi connectivity index (χ0n) is 9.30. The van der Waals surface area contributed by atoms with E-state index < -0.39 is 0 Å². The SMILES string of the molecule is CCn1cc(CC(=O)c2scnc2C)cn1. The quantitative estimate of drug-likeness (QED) is 0.762. The molecule has 0 fully saturated rings. The van der Waals surface area contributed by atoms with E-state index in [9.17, 15) is 4.79 Å². The molecule has 0 saturated carbocycles. The van der Waals surface area contributed by atoms with E-state index in [1.165, 1.54) is 11.3 Å². The Kier molecular flexibility index (Phi) is 3.14. The highest BCUT2D eigenvalue weighted by atomic mass is 32.1. The van der Waals surface area contributed by atoms with Crippen LogP contribution in [-0.2, 0) is 13.0 Å². The van der Waals surface area contributed by atoms with Crippen LogP contribution in [0.25, 0.3) is 0 Å². The first-order chi connectivity index (χ1) is 7.70. The summed E-state index contributed by atoms with van der Waals surface area (Å²) in [7, 11) is 0. The minimum atomic E-state index is 0.121. The molecule has 0 aliphatic carbocycles. The number of nitrogens with zero attached hydrogens (tertiary/aromatic N) is 3. The fourth-order valence-corrected chi connectivity index (χ4v) is 2.25. The van der Waals surface area contributed by atoms with Gasteiger partial charge in [-0.15, -0.1) is 11.3 Å². The maximum absolute atomic E-state index is 11.9. The lowest BCUT2D eigenvalue weighted by Gasteiger charge is -1.96. The van der Waals surface area contributed by atoms with Crippen LogP contribution in [0.3, 0.4) is 0 Å². The number of rotatable bonds is 4. The van der Waals surface area contributed by atoms with Gasteiger partial charge >= 0.3 is 0 Å². The molecule has 5 heteroatoms. The molecule has 0 aromatic carbocycles. The van der Waals surface area contributed by atoms with Crippen LogP contribution in [0.4, 0.5) is 0 Å². The lowest BCUT2D eigenvalue weighted by Crippen LogP contribution is -2.02. The van der Waals surface area contributed by atoms with Gasteiger partial charge in [0.15, 0.2) is 5.78 Å². The standard InChI is InChI=1S/C11H13N3OS/c1-3-14-6-9(5-13-14)4-10(15)11-8(2)12-7-16-11/h5-7H,3-4H2,1-2H3. The molecule has 84 valence electrons. The summed E-state index contributed by atoms with van der Waals surface area (Å²) in [4.78, 5) is 16.8. The van der Waals surface area contributed by atoms with Gasteiger partial charge in [-0.2, -0.15) is 5.10 Å². The first-order valence-electron chi connectivity index (χ1n) is 5.15. The number of ketones is 1. The molecule has 0 atom stereocenters. The number of carbonyl (C=O) groups is 1. The number of hydrogen-bond donors (Lipinski definition) is 0. The van der Waals surface area contributed by atoms with Crippen molar-refractivity contribution in [3.63, 3.8) is 0 Å². The van der Waals surface area contributed by atoms with Gasteiger partial charge in [0.25, 0.3) is 0 Å². The molecule has 16 heavy (non-hydrogen) atoms. The number of thiazole rings is 1. The lowest BCUT2D eigenvalue weighted by molar-refractivity contribution is 0.0996. The van der Waals surface area contributed by atoms with Crippen LogP contribution in [0.1, 0.15) is 27.9 Å². The maximum Gasteiger partial charge on any atom is 0.179 e. The van der Waals surface area contributed by atoms with Crippen molar-refractivity contribution in [3.8, 4) is 0 Å². The molecule has 0 aliphatic heterocycles. The third-order valence-corrected chi connectivity index (χ3v) is 3.34. The molecule has 0 unspecified atom stereocenters. The highest BCUT2D eigenvalue weighted by Gasteiger charge is 2.13. The van der Waals surface area contributed by atoms with Gasteiger partial charge in [-0.25, -0.2) is 4.98 Å². The van der Waals surface area contributed by atoms with Gasteiger partial charge < -0.3 is 0 Å². The number of carbonyl (C=O) groups excluding carboxylic acids is 1. The van der Waals surface area contributed by atoms with E-state index in [4.69, 9.17) is 0 Å². The van der Waals surface area contributed by atoms with Crippen LogP contribution in [0.15, 0.2) is 17.9 Å². The number of aryl methyl sites for hydroxylation is 2. The lowest BCUT2D eigenvalue weighted by atomic mass is 10.1. The van der Waals surface area contributed by atoms with Gasteiger partial charge in [-0.05, 0) is 19.4 Å². The van der Waals surface area contributed by atoms with Crippen LogP contribution in [-0.4, -0.2) is 20.5 Å². The molecule has 0 N–H and O–H groups in total. The molecule has 2 heterocycles. The molecular weight excluding hydrogens is 222 g/mol. The summed E-state index contributed by atoms with van der Waals surface area (Å²) < 4.78 is 1.82. The molecule has 0 saturated heterocycles. The summed E-state index contributed by atoms with van der Waals surface area (Å²) in [6, 6.07) is 0. The molecule has 0 spiro atoms. The summed E-state index contributed by atoms with van der Waals surface area (Å²) in [6.45, 7) is 4.71. The predicted octanol–water partition coefficient (Wildman–Crippen LogP) is 2.09. The second-order valence-electron chi connectivity index (χ2n) is 3.57. The number of aromatic nitrogens is 3. The van der Waals surface area contributed by atoms with Crippen LogP contribution in [0, 0.1) is 6.92 Å². The first-order valence-corrected chi connectivity index (χ1v) is 6.03. The minimum Gasteiger partial charge on any atom is -0.293 e. The summed E-state index contributed by atoms with van der Waals surface area (Å²) in [5.74, 6) is 0.121. The summed E-state index contributed by atoms with van der Waals surface area (Å²) in [5.41, 5.74) is 3.48. The van der Waals surface area contributed by atoms with E-state index in [1.54, 1.807) is 11.7 Å². The van der Waals surface area contributed by atoms with E-state index in [-0.39, 0.29) is 5.78 Å². The third-order valence-electron chi connectivity index (χ3n) is 2.37. The third kappa shape index (κ3) is 2.19. The molecule has 2 rings (SSSR count). The zero-order chi connectivity index (χ0) is 11.5. The predicted molar refractivity (Wildman–Crippen MR) is 62.8 cm³/mol. The van der Waals surface area contributed by atoms with Crippen molar-refractivity contribution in [2.24, 2.45) is 0 Å². The molecule has 0 bridgehead atoms. The average Bonchev–Trinajstić information content (AvgIpc) is 2.86. The Morgan fingerprint density at radius 1 is 1.56 bits per heavy atom. The van der Waals surface area contributed by atoms with Gasteiger partial charge in [0.1, 0.15) is 0 Å². The Hall–Kier alpha value is -1.49. The van der Waals surface area contributed by atoms with Gasteiger partial charge in [-0.1, -0.05) is 0 Å². The summed E-state index contributed by atoms with van der Waals surface area (Å²) in [6.07, 6.45) is 4.06. The largest absolute Gasteiger partial charge is 0.293 e. The number of hydrogen-bond acceptors (Lipinski definition) is 4. The van der Waals surface area contributed by atoms with Crippen molar-refractivity contribution in [1.82, 2.24) is 14.8 Å². The van der Waals surface area contributed by atoms with Crippen LogP contribution in [0.5, 0.6) is 0 Å². The van der Waals surface area contributed by atoms with E-state index in [0.717, 1.165) is 22.7 Å². The van der Waals surface area contributed by atoms with Gasteiger partial charge in [0, 0.05) is 19.2 Å². The van der Waals surface area contributed by atoms with Crippen molar-refractivity contribution < 1.29 is 4.79 Å². The van der Waals surface area contributed by atoms with Crippen LogP contribution < -0.4 is 0 Å². The molecule has 2 aromatic rings. The van der Waals surface area contributed by atoms with Crippen molar-refractivity contribution in [2.45, 2.75) is 26.8 Å². The van der Waals surface area contributed by atoms with Gasteiger partial charge in [-0.3, -0.25) is 9.48 Å². The number of Topliss-reactive ketones (excluding diaryl/α,β-unsaturated/α-hetero) is 1. The smallest absolute Gasteiger partial charge is 0.179 e. The van der Waals surface area contributed by atoms with E-state index in [2.05, 4.69) is 10.1 Å². The second kappa shape index (κ2) is 4.57. The minimum absolute atomic E-state index is 0.121. The first kappa shape index (κ1) is 11.0. The Balaban J connectivity index is 2.11. The Morgan fingerprint density at radius 3 is 2.94 bits per heavy atom. The molecule has 0 amide bonds. The second-order valence-corrected chi connectivity index (χ2v) is 4.43. The summed E-state index contributed by atoms with van der Waals surface area (Å²) >= 11 is 1.40. The molecular formula is C11H13N3OS. The molecule has 0 aliphatic rings. The van der Waals surface area contributed by atoms with Gasteiger partial charge in [0.2, 0.25) is 0 Å². The summed E-state index contributed by atoms with van der Waals surface area (Å²) in [5, 5.41) is 4.14. The van der Waals surface area contributed by atoms with E-state index >= 15 is 0 Å². The van der Waals surface area contributed by atoms with Crippen molar-refractivity contribution in [2.75, 3.05) is 0 Å². The highest BCUT2D eigenvalue weighted by molar-refractivity contribution is 7.11. The fourth-order valence-electron chi connectivity index (χ4n) is 1.51. The van der Waals surface area contributed by atoms with E-state index in [1.807, 2.05) is 24.7 Å². The Bertz CT molecular complexity index is 501. The van der Waals surface area contributed by atoms with Crippen molar-refractivity contribution >= 4 is 17.1 Å². The molecule has 0 radical (unpaired) electrons. The molecule has 2 aromatic heterocycles. The van der Waals surface area contributed by atoms with Crippen LogP contribution in [0.2, 0.25) is 0 Å². The van der Waals surface area contributed by atoms with Crippen molar-refractivity contribution in [1.29, 1.82) is 0 Å². The van der Waals surface area contributed by atoms with Crippen LogP contribution >= 0.6 is 11.3 Å². The van der Waals surface area contributed by atoms with Gasteiger partial charge in [0.05, 0.1) is 22.3 Å². The monoisotopic (exact) mass is 235 g/mol. The molecule has 4 nitrogen and oxygen atoms in total. The average molecular weight is 235 g/mol. The van der Waals surface area contributed by atoms with Crippen molar-refractivity contribution in [3.05, 3.63) is 34.0 Å². The fraction of sp³-hybridized carbons (Fsp3) is 0.364. The zero-order valence-corrected chi connectivity index (χ0v) is 10.1. The highest BCUT2D eigenvalue weighted by Crippen LogP contribution is 2.15.